The maximum absolute atomic E-state index is 12.9. The van der Waals surface area contributed by atoms with E-state index in [-0.39, 0.29) is 16.5 Å². The van der Waals surface area contributed by atoms with Crippen molar-refractivity contribution < 1.29 is 17.0 Å². The highest BCUT2D eigenvalue weighted by Gasteiger charge is 2.22. The van der Waals surface area contributed by atoms with Crippen molar-refractivity contribution in [3.05, 3.63) is 84.2 Å². The van der Waals surface area contributed by atoms with Gasteiger partial charge in [0.15, 0.2) is 0 Å². The van der Waals surface area contributed by atoms with E-state index >= 15 is 0 Å². The number of rotatable bonds is 6. The molecule has 1 unspecified atom stereocenters. The molecule has 2 heterocycles. The molecule has 0 aliphatic rings. The van der Waals surface area contributed by atoms with Crippen molar-refractivity contribution in [2.45, 2.75) is 22.7 Å². The van der Waals surface area contributed by atoms with Gasteiger partial charge in [0.05, 0.1) is 32.8 Å². The summed E-state index contributed by atoms with van der Waals surface area (Å²) in [6.07, 6.45) is 1.63. The molecule has 0 aliphatic heterocycles. The zero-order chi connectivity index (χ0) is 20.4. The lowest BCUT2D eigenvalue weighted by Crippen LogP contribution is -2.14. The monoisotopic (exact) mass is 426 g/mol. The number of fused-ring (bicyclic) bond motifs is 1. The number of pyridine rings is 1. The number of para-hydroxylation sites is 1. The molecule has 0 aliphatic carbocycles. The number of aromatic nitrogens is 1. The SMILES string of the molecule is Cc1ccc(S(=O)Cc2ccccn2)c(NS(=O)(=O)c2cc3ccccc3o2)c1. The molecule has 0 saturated heterocycles. The average molecular weight is 427 g/mol. The number of nitrogens with one attached hydrogen (secondary N) is 1. The molecule has 0 amide bonds. The van der Waals surface area contributed by atoms with Crippen LogP contribution in [0.1, 0.15) is 11.3 Å². The van der Waals surface area contributed by atoms with Gasteiger partial charge in [-0.05, 0) is 42.8 Å². The third kappa shape index (κ3) is 4.23. The van der Waals surface area contributed by atoms with E-state index in [0.29, 0.717) is 21.6 Å². The number of hydrogen-bond acceptors (Lipinski definition) is 5. The molecule has 8 heteroatoms. The van der Waals surface area contributed by atoms with Crippen molar-refractivity contribution in [2.24, 2.45) is 0 Å². The van der Waals surface area contributed by atoms with Gasteiger partial charge in [0.2, 0.25) is 5.09 Å². The second-order valence-electron chi connectivity index (χ2n) is 6.52. The van der Waals surface area contributed by atoms with Gasteiger partial charge in [-0.1, -0.05) is 30.3 Å². The molecule has 2 aromatic heterocycles. The molecule has 148 valence electrons. The summed E-state index contributed by atoms with van der Waals surface area (Å²) in [5.41, 5.74) is 2.25. The lowest BCUT2D eigenvalue weighted by molar-refractivity contribution is 0.484. The number of sulfonamides is 1. The van der Waals surface area contributed by atoms with E-state index in [0.717, 1.165) is 5.56 Å². The Hall–Kier alpha value is -2.97. The first kappa shape index (κ1) is 19.4. The van der Waals surface area contributed by atoms with Gasteiger partial charge in [-0.25, -0.2) is 0 Å². The maximum atomic E-state index is 12.9. The van der Waals surface area contributed by atoms with Crippen LogP contribution in [0.4, 0.5) is 5.69 Å². The van der Waals surface area contributed by atoms with Crippen LogP contribution in [-0.2, 0) is 26.6 Å². The zero-order valence-corrected chi connectivity index (χ0v) is 17.2. The lowest BCUT2D eigenvalue weighted by Gasteiger charge is -2.12. The number of benzene rings is 2. The van der Waals surface area contributed by atoms with Crippen LogP contribution in [0.5, 0.6) is 0 Å². The van der Waals surface area contributed by atoms with E-state index < -0.39 is 20.8 Å². The fourth-order valence-corrected chi connectivity index (χ4v) is 5.18. The Labute approximate surface area is 171 Å². The predicted octanol–water partition coefficient (Wildman–Crippen LogP) is 4.24. The van der Waals surface area contributed by atoms with Crippen LogP contribution in [-0.4, -0.2) is 17.6 Å². The molecule has 4 aromatic rings. The molecule has 29 heavy (non-hydrogen) atoms. The van der Waals surface area contributed by atoms with E-state index in [9.17, 15) is 12.6 Å². The highest BCUT2D eigenvalue weighted by Crippen LogP contribution is 2.28. The van der Waals surface area contributed by atoms with E-state index in [2.05, 4.69) is 9.71 Å². The molecule has 0 spiro atoms. The summed E-state index contributed by atoms with van der Waals surface area (Å²) in [5.74, 6) is 0.184. The molecule has 6 nitrogen and oxygen atoms in total. The van der Waals surface area contributed by atoms with Crippen LogP contribution < -0.4 is 4.72 Å². The molecule has 0 saturated carbocycles. The van der Waals surface area contributed by atoms with Gasteiger partial charge in [0.1, 0.15) is 5.58 Å². The molecule has 2 aromatic carbocycles. The van der Waals surface area contributed by atoms with Crippen molar-refractivity contribution in [2.75, 3.05) is 4.72 Å². The summed E-state index contributed by atoms with van der Waals surface area (Å²) in [6, 6.07) is 19.0. The smallest absolute Gasteiger partial charge is 0.295 e. The third-order valence-corrected chi connectivity index (χ3v) is 6.92. The Morgan fingerprint density at radius 1 is 1.03 bits per heavy atom. The number of aryl methyl sites for hydroxylation is 1. The summed E-state index contributed by atoms with van der Waals surface area (Å²) in [6.45, 7) is 1.84. The Balaban J connectivity index is 1.67. The number of hydrogen-bond donors (Lipinski definition) is 1. The molecular formula is C21H18N2O4S2. The van der Waals surface area contributed by atoms with E-state index in [1.165, 1.54) is 6.07 Å². The van der Waals surface area contributed by atoms with Crippen LogP contribution in [0.25, 0.3) is 11.0 Å². The van der Waals surface area contributed by atoms with Gasteiger partial charge < -0.3 is 4.42 Å². The zero-order valence-electron chi connectivity index (χ0n) is 15.5. The van der Waals surface area contributed by atoms with Crippen molar-refractivity contribution in [1.82, 2.24) is 4.98 Å². The summed E-state index contributed by atoms with van der Waals surface area (Å²) in [7, 11) is -5.47. The molecule has 4 rings (SSSR count). The lowest BCUT2D eigenvalue weighted by atomic mass is 10.2. The first-order valence-corrected chi connectivity index (χ1v) is 11.6. The highest BCUT2D eigenvalue weighted by atomic mass is 32.2. The van der Waals surface area contributed by atoms with Gasteiger partial charge >= 0.3 is 0 Å². The largest absolute Gasteiger partial charge is 0.443 e. The summed E-state index contributed by atoms with van der Waals surface area (Å²) in [4.78, 5) is 4.58. The fraction of sp³-hybridized carbons (Fsp3) is 0.0952. The first-order valence-electron chi connectivity index (χ1n) is 8.83. The summed E-state index contributed by atoms with van der Waals surface area (Å²) >= 11 is 0. The minimum absolute atomic E-state index is 0.184. The van der Waals surface area contributed by atoms with Gasteiger partial charge in [-0.15, -0.1) is 0 Å². The van der Waals surface area contributed by atoms with Crippen LogP contribution >= 0.6 is 0 Å². The molecule has 1 N–H and O–H groups in total. The van der Waals surface area contributed by atoms with Crippen molar-refractivity contribution >= 4 is 37.5 Å². The van der Waals surface area contributed by atoms with Gasteiger partial charge in [-0.2, -0.15) is 8.42 Å². The quantitative estimate of drug-likeness (QED) is 0.498. The van der Waals surface area contributed by atoms with Gasteiger partial charge in [-0.3, -0.25) is 13.9 Å². The normalized spacial score (nSPS) is 12.7. The minimum atomic E-state index is -3.99. The Bertz CT molecular complexity index is 1270. The summed E-state index contributed by atoms with van der Waals surface area (Å²) < 4.78 is 46.8. The Kier molecular flexibility index (Phi) is 5.21. The van der Waals surface area contributed by atoms with Crippen molar-refractivity contribution in [1.29, 1.82) is 0 Å². The van der Waals surface area contributed by atoms with Crippen molar-refractivity contribution in [3.8, 4) is 0 Å². The van der Waals surface area contributed by atoms with Crippen LogP contribution in [0.15, 0.2) is 87.3 Å². The predicted molar refractivity (Wildman–Crippen MR) is 113 cm³/mol. The number of furan rings is 1. The summed E-state index contributed by atoms with van der Waals surface area (Å²) in [5, 5.41) is 0.498. The first-order chi connectivity index (χ1) is 13.9. The molecule has 1 atom stereocenters. The minimum Gasteiger partial charge on any atom is -0.443 e. The van der Waals surface area contributed by atoms with Gasteiger partial charge in [0, 0.05) is 17.6 Å². The van der Waals surface area contributed by atoms with E-state index in [1.54, 1.807) is 60.8 Å². The highest BCUT2D eigenvalue weighted by molar-refractivity contribution is 7.92. The van der Waals surface area contributed by atoms with E-state index in [4.69, 9.17) is 4.42 Å². The van der Waals surface area contributed by atoms with E-state index in [1.807, 2.05) is 13.0 Å². The number of anilines is 1. The Morgan fingerprint density at radius 2 is 1.83 bits per heavy atom. The molecule has 0 bridgehead atoms. The molecular weight excluding hydrogens is 408 g/mol. The second-order valence-corrected chi connectivity index (χ2v) is 9.55. The van der Waals surface area contributed by atoms with Crippen LogP contribution in [0, 0.1) is 6.92 Å². The number of nitrogens with zero attached hydrogens (tertiary/aromatic N) is 1. The molecule has 0 fully saturated rings. The average Bonchev–Trinajstić information content (AvgIpc) is 3.14. The standard InChI is InChI=1S/C21H18N2O4S2/c1-15-9-10-20(28(24)14-17-7-4-5-11-22-17)18(12-15)23-29(25,26)21-13-16-6-2-3-8-19(16)27-21/h2-13,23H,14H2,1H3. The van der Waals surface area contributed by atoms with Crippen molar-refractivity contribution in [3.63, 3.8) is 0 Å². The van der Waals surface area contributed by atoms with Gasteiger partial charge in [0.25, 0.3) is 10.0 Å². The van der Waals surface area contributed by atoms with Crippen LogP contribution in [0.2, 0.25) is 0 Å². The second kappa shape index (κ2) is 7.81. The van der Waals surface area contributed by atoms with Crippen LogP contribution in [0.3, 0.4) is 0 Å². The maximum Gasteiger partial charge on any atom is 0.295 e. The third-order valence-electron chi connectivity index (χ3n) is 4.30. The molecule has 0 radical (unpaired) electrons. The topological polar surface area (TPSA) is 89.3 Å². The Morgan fingerprint density at radius 3 is 2.59 bits per heavy atom. The fourth-order valence-electron chi connectivity index (χ4n) is 2.90.